The van der Waals surface area contributed by atoms with Gasteiger partial charge in [-0.1, -0.05) is 6.42 Å². The van der Waals surface area contributed by atoms with Gasteiger partial charge in [-0.05, 0) is 50.1 Å². The molecule has 1 saturated carbocycles. The van der Waals surface area contributed by atoms with E-state index in [0.29, 0.717) is 16.3 Å². The van der Waals surface area contributed by atoms with Gasteiger partial charge in [-0.15, -0.1) is 0 Å². The molecule has 128 valence electrons. The van der Waals surface area contributed by atoms with Crippen LogP contribution in [0.4, 0.5) is 14.5 Å². The van der Waals surface area contributed by atoms with E-state index in [9.17, 15) is 8.78 Å². The van der Waals surface area contributed by atoms with E-state index in [4.69, 9.17) is 0 Å². The van der Waals surface area contributed by atoms with Gasteiger partial charge < -0.3 is 4.90 Å². The van der Waals surface area contributed by atoms with Crippen LogP contribution in [0.15, 0.2) is 36.5 Å². The highest BCUT2D eigenvalue weighted by Crippen LogP contribution is 2.49. The minimum Gasteiger partial charge on any atom is -0.370 e. The van der Waals surface area contributed by atoms with Gasteiger partial charge in [-0.3, -0.25) is 0 Å². The van der Waals surface area contributed by atoms with Gasteiger partial charge in [0.2, 0.25) is 0 Å². The molecule has 1 aliphatic carbocycles. The van der Waals surface area contributed by atoms with Gasteiger partial charge in [0.25, 0.3) is 0 Å². The molecule has 1 aliphatic heterocycles. The average Bonchev–Trinajstić information content (AvgIpc) is 2.94. The van der Waals surface area contributed by atoms with Crippen molar-refractivity contribution < 1.29 is 8.78 Å². The van der Waals surface area contributed by atoms with Gasteiger partial charge in [0.1, 0.15) is 11.3 Å². The highest BCUT2D eigenvalue weighted by Gasteiger charge is 2.47. The summed E-state index contributed by atoms with van der Waals surface area (Å²) in [7, 11) is 0. The summed E-state index contributed by atoms with van der Waals surface area (Å²) in [6.45, 7) is 3.74. The zero-order valence-electron chi connectivity index (χ0n) is 14.1. The van der Waals surface area contributed by atoms with Gasteiger partial charge in [0.05, 0.1) is 11.9 Å². The largest absolute Gasteiger partial charge is 0.370 e. The topological polar surface area (TPSA) is 21.1 Å². The third kappa shape index (κ3) is 2.11. The highest BCUT2D eigenvalue weighted by molar-refractivity contribution is 5.82. The third-order valence-electron chi connectivity index (χ3n) is 5.90. The Morgan fingerprint density at radius 3 is 2.36 bits per heavy atom. The van der Waals surface area contributed by atoms with E-state index in [2.05, 4.69) is 22.1 Å². The average molecular weight is 339 g/mol. The van der Waals surface area contributed by atoms with Crippen LogP contribution in [0.25, 0.3) is 16.6 Å². The number of aromatic nitrogens is 2. The molecular weight excluding hydrogens is 320 g/mol. The molecule has 3 aromatic rings. The van der Waals surface area contributed by atoms with Crippen molar-refractivity contribution in [3.63, 3.8) is 0 Å². The molecule has 0 atom stereocenters. The molecule has 1 saturated heterocycles. The highest BCUT2D eigenvalue weighted by atomic mass is 19.1. The van der Waals surface area contributed by atoms with Crippen molar-refractivity contribution in [2.75, 3.05) is 18.0 Å². The van der Waals surface area contributed by atoms with Crippen LogP contribution in [0, 0.1) is 24.0 Å². The Morgan fingerprint density at radius 2 is 1.72 bits per heavy atom. The maximum Gasteiger partial charge on any atom is 0.155 e. The number of nitrogens with zero attached hydrogens (tertiary/aromatic N) is 3. The maximum atomic E-state index is 14.5. The predicted octanol–water partition coefficient (Wildman–Crippen LogP) is 4.60. The van der Waals surface area contributed by atoms with E-state index >= 15 is 0 Å². The fraction of sp³-hybridized carbons (Fsp3) is 0.350. The van der Waals surface area contributed by atoms with Gasteiger partial charge in [-0.2, -0.15) is 5.10 Å². The van der Waals surface area contributed by atoms with E-state index in [-0.39, 0.29) is 5.56 Å². The summed E-state index contributed by atoms with van der Waals surface area (Å²) in [6, 6.07) is 9.35. The number of hydrogen-bond donors (Lipinski definition) is 0. The summed E-state index contributed by atoms with van der Waals surface area (Å²) in [6.07, 6.45) is 5.58. The molecule has 5 heteroatoms. The summed E-state index contributed by atoms with van der Waals surface area (Å²) in [5, 5.41) is 4.73. The molecule has 0 unspecified atom stereocenters. The first kappa shape index (κ1) is 14.9. The molecule has 0 N–H and O–H groups in total. The quantitative estimate of drug-likeness (QED) is 0.680. The Morgan fingerprint density at radius 1 is 1.04 bits per heavy atom. The van der Waals surface area contributed by atoms with Crippen LogP contribution in [0.3, 0.4) is 0 Å². The standard InChI is InChI=1S/C20H19F2N3/c1-13-17(21)9-14-10-23-25(19(14)18(13)22)16-5-3-15(4-6-16)24-11-20(12-24)7-2-8-20/h3-6,9-10H,2,7-8,11-12H2,1H3. The van der Waals surface area contributed by atoms with Gasteiger partial charge in [0.15, 0.2) is 5.82 Å². The minimum absolute atomic E-state index is 0.0252. The molecule has 2 fully saturated rings. The summed E-state index contributed by atoms with van der Waals surface area (Å²) in [4.78, 5) is 2.39. The lowest BCUT2D eigenvalue weighted by Gasteiger charge is -2.57. The lowest BCUT2D eigenvalue weighted by Crippen LogP contribution is -2.59. The van der Waals surface area contributed by atoms with Crippen LogP contribution in [0.1, 0.15) is 24.8 Å². The molecule has 2 aromatic carbocycles. The Labute approximate surface area is 144 Å². The lowest BCUT2D eigenvalue weighted by molar-refractivity contribution is 0.0904. The molecule has 0 bridgehead atoms. The molecule has 0 radical (unpaired) electrons. The number of anilines is 1. The first-order valence-corrected chi connectivity index (χ1v) is 8.74. The zero-order chi connectivity index (χ0) is 17.2. The van der Waals surface area contributed by atoms with Crippen molar-refractivity contribution in [2.24, 2.45) is 5.41 Å². The monoisotopic (exact) mass is 339 g/mol. The maximum absolute atomic E-state index is 14.5. The Balaban J connectivity index is 1.48. The van der Waals surface area contributed by atoms with E-state index < -0.39 is 11.6 Å². The lowest BCUT2D eigenvalue weighted by atomic mass is 9.63. The third-order valence-corrected chi connectivity index (χ3v) is 5.90. The summed E-state index contributed by atoms with van der Waals surface area (Å²) in [5.41, 5.74) is 2.91. The van der Waals surface area contributed by atoms with Crippen molar-refractivity contribution in [1.82, 2.24) is 9.78 Å². The number of hydrogen-bond acceptors (Lipinski definition) is 2. The Hall–Kier alpha value is -2.43. The van der Waals surface area contributed by atoms with Crippen LogP contribution in [0.5, 0.6) is 0 Å². The minimum atomic E-state index is -0.550. The van der Waals surface area contributed by atoms with Gasteiger partial charge >= 0.3 is 0 Å². The van der Waals surface area contributed by atoms with Crippen LogP contribution in [0.2, 0.25) is 0 Å². The molecule has 1 spiro atoms. The smallest absolute Gasteiger partial charge is 0.155 e. The first-order chi connectivity index (χ1) is 12.1. The van der Waals surface area contributed by atoms with E-state index in [1.54, 1.807) is 4.68 Å². The molecule has 2 aliphatic rings. The Bertz CT molecular complexity index is 963. The first-order valence-electron chi connectivity index (χ1n) is 8.74. The summed E-state index contributed by atoms with van der Waals surface area (Å²) < 4.78 is 29.8. The molecule has 25 heavy (non-hydrogen) atoms. The van der Waals surface area contributed by atoms with Gasteiger partial charge in [-0.25, -0.2) is 13.5 Å². The van der Waals surface area contributed by atoms with Crippen molar-refractivity contribution in [3.8, 4) is 5.69 Å². The number of halogens is 2. The van der Waals surface area contributed by atoms with Crippen LogP contribution in [-0.4, -0.2) is 22.9 Å². The number of benzene rings is 2. The molecule has 2 heterocycles. The van der Waals surface area contributed by atoms with Crippen LogP contribution in [-0.2, 0) is 0 Å². The molecular formula is C20H19F2N3. The second-order valence-electron chi connectivity index (χ2n) is 7.52. The SMILES string of the molecule is Cc1c(F)cc2cnn(-c3ccc(N4CC5(CCC5)C4)cc3)c2c1F. The molecule has 3 nitrogen and oxygen atoms in total. The normalized spacial score (nSPS) is 18.4. The second kappa shape index (κ2) is 5.04. The van der Waals surface area contributed by atoms with E-state index in [0.717, 1.165) is 18.8 Å². The fourth-order valence-electron chi connectivity index (χ4n) is 4.15. The van der Waals surface area contributed by atoms with Crippen molar-refractivity contribution in [2.45, 2.75) is 26.2 Å². The van der Waals surface area contributed by atoms with Crippen LogP contribution >= 0.6 is 0 Å². The number of fused-ring (bicyclic) bond motifs is 1. The van der Waals surface area contributed by atoms with Crippen molar-refractivity contribution >= 4 is 16.6 Å². The predicted molar refractivity (Wildman–Crippen MR) is 94.2 cm³/mol. The Kier molecular flexibility index (Phi) is 3.00. The molecule has 0 amide bonds. The summed E-state index contributed by atoms with van der Waals surface area (Å²) in [5.74, 6) is -1.09. The van der Waals surface area contributed by atoms with Crippen molar-refractivity contribution in [3.05, 3.63) is 53.7 Å². The van der Waals surface area contributed by atoms with E-state index in [1.165, 1.54) is 44.1 Å². The van der Waals surface area contributed by atoms with Crippen LogP contribution < -0.4 is 4.90 Å². The molecule has 1 aromatic heterocycles. The zero-order valence-corrected chi connectivity index (χ0v) is 14.1. The number of rotatable bonds is 2. The molecule has 5 rings (SSSR count). The second-order valence-corrected chi connectivity index (χ2v) is 7.52. The van der Waals surface area contributed by atoms with Gasteiger partial charge in [0, 0.05) is 35.1 Å². The summed E-state index contributed by atoms with van der Waals surface area (Å²) >= 11 is 0. The van der Waals surface area contributed by atoms with Crippen molar-refractivity contribution in [1.29, 1.82) is 0 Å². The van der Waals surface area contributed by atoms with E-state index in [1.807, 2.05) is 12.1 Å². The fourth-order valence-corrected chi connectivity index (χ4v) is 4.15.